The molecule has 0 aromatic heterocycles. The third kappa shape index (κ3) is 13.7. The minimum atomic E-state index is -4.13. The maximum atomic E-state index is 11.8. The zero-order valence-electron chi connectivity index (χ0n) is 10.4. The third-order valence-corrected chi connectivity index (χ3v) is 3.20. The molecule has 4 nitrogen and oxygen atoms in total. The summed E-state index contributed by atoms with van der Waals surface area (Å²) >= 11 is 0. The van der Waals surface area contributed by atoms with E-state index in [0.29, 0.717) is 19.4 Å². The molecule has 0 fully saturated rings. The maximum absolute atomic E-state index is 11.8. The van der Waals surface area contributed by atoms with E-state index in [-0.39, 0.29) is 24.7 Å². The van der Waals surface area contributed by atoms with Gasteiger partial charge in [0.05, 0.1) is 5.75 Å². The molecule has 0 aliphatic rings. The second kappa shape index (κ2) is 7.96. The van der Waals surface area contributed by atoms with Crippen LogP contribution in [0, 0.1) is 5.92 Å². The molecule has 0 aliphatic carbocycles. The Labute approximate surface area is 106 Å². The Morgan fingerprint density at radius 3 is 2.33 bits per heavy atom. The summed E-state index contributed by atoms with van der Waals surface area (Å²) in [6, 6.07) is 0. The van der Waals surface area contributed by atoms with Crippen molar-refractivity contribution in [3.05, 3.63) is 0 Å². The number of hydrogen-bond donors (Lipinski definition) is 1. The van der Waals surface area contributed by atoms with Gasteiger partial charge in [0.1, 0.15) is 0 Å². The highest BCUT2D eigenvalue weighted by Gasteiger charge is 2.25. The number of ether oxygens (including phenoxy) is 1. The maximum Gasteiger partial charge on any atom is 0.389 e. The van der Waals surface area contributed by atoms with E-state index in [1.165, 1.54) is 0 Å². The van der Waals surface area contributed by atoms with Crippen molar-refractivity contribution in [1.82, 2.24) is 0 Å². The molecular formula is C10H20F3NO3S. The number of sulfonamides is 1. The second-order valence-corrected chi connectivity index (χ2v) is 6.11. The van der Waals surface area contributed by atoms with Gasteiger partial charge < -0.3 is 4.74 Å². The van der Waals surface area contributed by atoms with Crippen molar-refractivity contribution in [1.29, 1.82) is 0 Å². The minimum absolute atomic E-state index is 0.0466. The molecule has 1 atom stereocenters. The summed E-state index contributed by atoms with van der Waals surface area (Å²) in [5.41, 5.74) is 0. The van der Waals surface area contributed by atoms with Crippen LogP contribution in [0.5, 0.6) is 0 Å². The molecule has 0 aromatic carbocycles. The molecule has 0 heterocycles. The van der Waals surface area contributed by atoms with Crippen molar-refractivity contribution >= 4 is 10.0 Å². The van der Waals surface area contributed by atoms with Crippen LogP contribution in [0.15, 0.2) is 0 Å². The molecule has 18 heavy (non-hydrogen) atoms. The molecule has 110 valence electrons. The van der Waals surface area contributed by atoms with Gasteiger partial charge in [-0.15, -0.1) is 0 Å². The van der Waals surface area contributed by atoms with Crippen LogP contribution in [0.3, 0.4) is 0 Å². The molecule has 2 N–H and O–H groups in total. The molecular weight excluding hydrogens is 271 g/mol. The fourth-order valence-electron chi connectivity index (χ4n) is 1.27. The van der Waals surface area contributed by atoms with Crippen molar-refractivity contribution in [2.45, 2.75) is 38.8 Å². The lowest BCUT2D eigenvalue weighted by Crippen LogP contribution is -2.18. The van der Waals surface area contributed by atoms with Crippen molar-refractivity contribution in [2.24, 2.45) is 11.1 Å². The first kappa shape index (κ1) is 17.7. The molecule has 0 saturated heterocycles. The highest BCUT2D eigenvalue weighted by Crippen LogP contribution is 2.21. The van der Waals surface area contributed by atoms with Gasteiger partial charge in [-0.25, -0.2) is 13.6 Å². The van der Waals surface area contributed by atoms with Crippen molar-refractivity contribution in [3.8, 4) is 0 Å². The van der Waals surface area contributed by atoms with Gasteiger partial charge in [0, 0.05) is 19.6 Å². The lowest BCUT2D eigenvalue weighted by Gasteiger charge is -2.11. The summed E-state index contributed by atoms with van der Waals surface area (Å²) in [5, 5.41) is 4.85. The van der Waals surface area contributed by atoms with Gasteiger partial charge >= 0.3 is 6.18 Å². The van der Waals surface area contributed by atoms with Crippen LogP contribution in [0.25, 0.3) is 0 Å². The molecule has 0 aromatic rings. The molecule has 1 unspecified atom stereocenters. The van der Waals surface area contributed by atoms with Crippen LogP contribution in [0.4, 0.5) is 13.2 Å². The Morgan fingerprint density at radius 1 is 1.22 bits per heavy atom. The van der Waals surface area contributed by atoms with E-state index in [4.69, 9.17) is 9.88 Å². The average molecular weight is 291 g/mol. The lowest BCUT2D eigenvalue weighted by molar-refractivity contribution is -0.137. The van der Waals surface area contributed by atoms with Crippen LogP contribution in [-0.2, 0) is 14.8 Å². The number of hydrogen-bond acceptors (Lipinski definition) is 3. The number of rotatable bonds is 9. The van der Waals surface area contributed by atoms with Gasteiger partial charge in [-0.1, -0.05) is 6.92 Å². The predicted octanol–water partition coefficient (Wildman–Crippen LogP) is 2.05. The normalized spacial score (nSPS) is 14.7. The number of halogens is 3. The van der Waals surface area contributed by atoms with Gasteiger partial charge in [0.25, 0.3) is 0 Å². The molecule has 0 aliphatic heterocycles. The number of nitrogens with two attached hydrogens (primary N) is 1. The molecule has 0 radical (unpaired) electrons. The van der Waals surface area contributed by atoms with Crippen LogP contribution in [0.2, 0.25) is 0 Å². The van der Waals surface area contributed by atoms with Crippen LogP contribution in [0.1, 0.15) is 32.6 Å². The standard InChI is InChI=1S/C10H20F3NO3S/c1-9(4-8-18(14,15)16)3-7-17-6-2-5-10(11,12)13/h9H,2-8H2,1H3,(H2,14,15,16). The van der Waals surface area contributed by atoms with Gasteiger partial charge in [-0.05, 0) is 25.2 Å². The Morgan fingerprint density at radius 2 is 1.83 bits per heavy atom. The Bertz CT molecular complexity index is 317. The van der Waals surface area contributed by atoms with E-state index in [9.17, 15) is 21.6 Å². The topological polar surface area (TPSA) is 69.4 Å². The monoisotopic (exact) mass is 291 g/mol. The van der Waals surface area contributed by atoms with E-state index in [1.807, 2.05) is 6.92 Å². The lowest BCUT2D eigenvalue weighted by atomic mass is 10.1. The van der Waals surface area contributed by atoms with Crippen LogP contribution >= 0.6 is 0 Å². The quantitative estimate of drug-likeness (QED) is 0.661. The van der Waals surface area contributed by atoms with E-state index < -0.39 is 22.6 Å². The van der Waals surface area contributed by atoms with Crippen molar-refractivity contribution in [3.63, 3.8) is 0 Å². The number of primary sulfonamides is 1. The average Bonchev–Trinajstić information content (AvgIpc) is 2.17. The number of alkyl halides is 3. The smallest absolute Gasteiger partial charge is 0.381 e. The van der Waals surface area contributed by atoms with E-state index in [2.05, 4.69) is 0 Å². The van der Waals surface area contributed by atoms with Crippen LogP contribution < -0.4 is 5.14 Å². The summed E-state index contributed by atoms with van der Waals surface area (Å²) in [4.78, 5) is 0. The second-order valence-electron chi connectivity index (χ2n) is 4.38. The highest BCUT2D eigenvalue weighted by atomic mass is 32.2. The summed E-state index contributed by atoms with van der Waals surface area (Å²) in [6.45, 7) is 2.26. The highest BCUT2D eigenvalue weighted by molar-refractivity contribution is 7.89. The zero-order chi connectivity index (χ0) is 14.2. The third-order valence-electron chi connectivity index (χ3n) is 2.40. The van der Waals surface area contributed by atoms with Gasteiger partial charge in [-0.2, -0.15) is 13.2 Å². The zero-order valence-corrected chi connectivity index (χ0v) is 11.2. The van der Waals surface area contributed by atoms with Crippen molar-refractivity contribution < 1.29 is 26.3 Å². The largest absolute Gasteiger partial charge is 0.389 e. The van der Waals surface area contributed by atoms with E-state index in [1.54, 1.807) is 0 Å². The minimum Gasteiger partial charge on any atom is -0.381 e. The van der Waals surface area contributed by atoms with Gasteiger partial charge in [0.2, 0.25) is 10.0 Å². The predicted molar refractivity (Wildman–Crippen MR) is 62.5 cm³/mol. The van der Waals surface area contributed by atoms with Gasteiger partial charge in [0.15, 0.2) is 0 Å². The van der Waals surface area contributed by atoms with Gasteiger partial charge in [-0.3, -0.25) is 0 Å². The summed E-state index contributed by atoms with van der Waals surface area (Å²) in [5.74, 6) is 0.0355. The van der Waals surface area contributed by atoms with E-state index >= 15 is 0 Å². The van der Waals surface area contributed by atoms with Crippen LogP contribution in [-0.4, -0.2) is 33.6 Å². The molecule has 8 heteroatoms. The summed E-state index contributed by atoms with van der Waals surface area (Å²) in [6.07, 6.45) is -3.97. The Hall–Kier alpha value is -0.340. The summed E-state index contributed by atoms with van der Waals surface area (Å²) < 4.78 is 61.8. The fourth-order valence-corrected chi connectivity index (χ4v) is 2.00. The summed E-state index contributed by atoms with van der Waals surface area (Å²) in [7, 11) is -3.44. The molecule has 0 bridgehead atoms. The Balaban J connectivity index is 3.44. The fraction of sp³-hybridized carbons (Fsp3) is 1.00. The van der Waals surface area contributed by atoms with E-state index in [0.717, 1.165) is 0 Å². The molecule has 0 amide bonds. The molecule has 0 rings (SSSR count). The first-order chi connectivity index (χ1) is 8.10. The first-order valence-electron chi connectivity index (χ1n) is 5.75. The first-order valence-corrected chi connectivity index (χ1v) is 7.46. The molecule has 0 spiro atoms. The molecule has 0 saturated carbocycles. The van der Waals surface area contributed by atoms with Crippen molar-refractivity contribution in [2.75, 3.05) is 19.0 Å². The Kier molecular flexibility index (Phi) is 7.81. The SMILES string of the molecule is CC(CCOCCCC(F)(F)F)CCS(N)(=O)=O.